The minimum absolute atomic E-state index is 0.124. The van der Waals surface area contributed by atoms with E-state index in [-0.39, 0.29) is 10.7 Å². The maximum Gasteiger partial charge on any atom is 0.306 e. The van der Waals surface area contributed by atoms with Gasteiger partial charge in [0.25, 0.3) is 0 Å². The normalized spacial score (nSPS) is 10.7. The van der Waals surface area contributed by atoms with Crippen molar-refractivity contribution in [3.63, 3.8) is 0 Å². The van der Waals surface area contributed by atoms with Crippen molar-refractivity contribution in [3.8, 4) is 0 Å². The first-order chi connectivity index (χ1) is 7.50. The van der Waals surface area contributed by atoms with E-state index in [0.717, 1.165) is 10.0 Å². The maximum absolute atomic E-state index is 10.7. The average Bonchev–Trinajstić information content (AvgIpc) is 2.19. The number of hydrogen-bond acceptors (Lipinski definition) is 3. The Bertz CT molecular complexity index is 601. The molecule has 0 N–H and O–H groups in total. The van der Waals surface area contributed by atoms with Crippen LogP contribution in [0.2, 0.25) is 5.02 Å². The van der Waals surface area contributed by atoms with Crippen molar-refractivity contribution >= 4 is 44.1 Å². The number of hydrogen-bond donors (Lipinski definition) is 0. The lowest BCUT2D eigenvalue weighted by molar-refractivity contribution is -0.384. The molecule has 1 aromatic heterocycles. The summed E-state index contributed by atoms with van der Waals surface area (Å²) in [6.07, 6.45) is 1.19. The molecule has 0 saturated heterocycles. The van der Waals surface area contributed by atoms with Gasteiger partial charge >= 0.3 is 5.69 Å². The summed E-state index contributed by atoms with van der Waals surface area (Å²) in [5, 5.41) is 11.4. The Labute approximate surface area is 105 Å². The number of fused-ring (bicyclic) bond motifs is 1. The van der Waals surface area contributed by atoms with Crippen LogP contribution in [0.3, 0.4) is 0 Å². The summed E-state index contributed by atoms with van der Waals surface area (Å²) in [5.41, 5.74) is 1.42. The van der Waals surface area contributed by atoms with Crippen LogP contribution in [0.4, 0.5) is 5.69 Å². The fourth-order valence-electron chi connectivity index (χ4n) is 1.52. The summed E-state index contributed by atoms with van der Waals surface area (Å²) >= 11 is 9.30. The van der Waals surface area contributed by atoms with Crippen LogP contribution in [0, 0.1) is 17.0 Å². The van der Waals surface area contributed by atoms with Gasteiger partial charge in [0.05, 0.1) is 10.4 Å². The standard InChI is InChI=1S/C10H6BrClN2O2/c1-5-2-6(11)3-7-9(12)8(14(15)16)4-13-10(5)7/h2-4H,1H3. The van der Waals surface area contributed by atoms with Crippen LogP contribution in [-0.4, -0.2) is 9.91 Å². The lowest BCUT2D eigenvalue weighted by Crippen LogP contribution is -1.93. The summed E-state index contributed by atoms with van der Waals surface area (Å²) in [6, 6.07) is 3.61. The number of rotatable bonds is 1. The molecule has 0 bridgehead atoms. The van der Waals surface area contributed by atoms with Gasteiger partial charge in [-0.3, -0.25) is 10.1 Å². The molecule has 0 unspecified atom stereocenters. The third-order valence-electron chi connectivity index (χ3n) is 2.24. The number of halogens is 2. The first kappa shape index (κ1) is 11.3. The molecule has 0 aliphatic rings. The van der Waals surface area contributed by atoms with E-state index < -0.39 is 4.92 Å². The van der Waals surface area contributed by atoms with Crippen LogP contribution in [0.15, 0.2) is 22.8 Å². The fourth-order valence-corrected chi connectivity index (χ4v) is 2.36. The lowest BCUT2D eigenvalue weighted by Gasteiger charge is -2.04. The van der Waals surface area contributed by atoms with Crippen LogP contribution in [0.25, 0.3) is 10.9 Å². The summed E-state index contributed by atoms with van der Waals surface area (Å²) in [6.45, 7) is 1.88. The zero-order valence-corrected chi connectivity index (χ0v) is 10.5. The first-order valence-corrected chi connectivity index (χ1v) is 5.56. The van der Waals surface area contributed by atoms with E-state index in [0.29, 0.717) is 10.9 Å². The predicted octanol–water partition coefficient (Wildman–Crippen LogP) is 3.87. The molecule has 0 fully saturated rings. The van der Waals surface area contributed by atoms with Gasteiger partial charge in [0.15, 0.2) is 0 Å². The maximum atomic E-state index is 10.7. The highest BCUT2D eigenvalue weighted by Gasteiger charge is 2.17. The molecule has 0 saturated carbocycles. The molecule has 2 rings (SSSR count). The molecule has 0 amide bonds. The monoisotopic (exact) mass is 300 g/mol. The topological polar surface area (TPSA) is 56.0 Å². The molecular weight excluding hydrogens is 295 g/mol. The molecule has 1 aromatic carbocycles. The van der Waals surface area contributed by atoms with Gasteiger partial charge in [0.1, 0.15) is 11.2 Å². The molecule has 6 heteroatoms. The fraction of sp³-hybridized carbons (Fsp3) is 0.100. The molecular formula is C10H6BrClN2O2. The number of nitro groups is 1. The summed E-state index contributed by atoms with van der Waals surface area (Å²) < 4.78 is 0.821. The zero-order chi connectivity index (χ0) is 11.9. The Kier molecular flexibility index (Phi) is 2.82. The van der Waals surface area contributed by atoms with Crippen molar-refractivity contribution in [1.82, 2.24) is 4.98 Å². The Morgan fingerprint density at radius 3 is 2.81 bits per heavy atom. The van der Waals surface area contributed by atoms with Gasteiger partial charge in [-0.15, -0.1) is 0 Å². The molecule has 0 radical (unpaired) electrons. The molecule has 16 heavy (non-hydrogen) atoms. The highest BCUT2D eigenvalue weighted by atomic mass is 79.9. The van der Waals surface area contributed by atoms with Crippen LogP contribution in [-0.2, 0) is 0 Å². The molecule has 0 aliphatic heterocycles. The quantitative estimate of drug-likeness (QED) is 0.593. The van der Waals surface area contributed by atoms with Crippen molar-refractivity contribution in [1.29, 1.82) is 0 Å². The molecule has 0 spiro atoms. The second-order valence-corrected chi connectivity index (χ2v) is 4.63. The Morgan fingerprint density at radius 2 is 2.19 bits per heavy atom. The number of pyridine rings is 1. The molecule has 1 heterocycles. The SMILES string of the molecule is Cc1cc(Br)cc2c(Cl)c([N+](=O)[O-])cnc12. The van der Waals surface area contributed by atoms with E-state index in [4.69, 9.17) is 11.6 Å². The number of aryl methyl sites for hydroxylation is 1. The van der Waals surface area contributed by atoms with E-state index in [9.17, 15) is 10.1 Å². The highest BCUT2D eigenvalue weighted by Crippen LogP contribution is 2.33. The second kappa shape index (κ2) is 3.99. The van der Waals surface area contributed by atoms with Crippen molar-refractivity contribution in [3.05, 3.63) is 43.5 Å². The molecule has 4 nitrogen and oxygen atoms in total. The zero-order valence-electron chi connectivity index (χ0n) is 8.20. The van der Waals surface area contributed by atoms with Gasteiger partial charge in [-0.05, 0) is 24.6 Å². The van der Waals surface area contributed by atoms with E-state index in [1.54, 1.807) is 6.07 Å². The lowest BCUT2D eigenvalue weighted by atomic mass is 10.1. The number of benzene rings is 1. The van der Waals surface area contributed by atoms with Crippen molar-refractivity contribution in [2.75, 3.05) is 0 Å². The van der Waals surface area contributed by atoms with Gasteiger partial charge < -0.3 is 0 Å². The molecule has 82 valence electrons. The van der Waals surface area contributed by atoms with Crippen molar-refractivity contribution in [2.24, 2.45) is 0 Å². The summed E-state index contributed by atoms with van der Waals surface area (Å²) in [4.78, 5) is 14.2. The largest absolute Gasteiger partial charge is 0.306 e. The Hall–Kier alpha value is -1.20. The van der Waals surface area contributed by atoms with Crippen LogP contribution in [0.5, 0.6) is 0 Å². The first-order valence-electron chi connectivity index (χ1n) is 4.39. The number of nitrogens with zero attached hydrogens (tertiary/aromatic N) is 2. The smallest absolute Gasteiger partial charge is 0.258 e. The third-order valence-corrected chi connectivity index (χ3v) is 3.09. The summed E-state index contributed by atoms with van der Waals surface area (Å²) in [5.74, 6) is 0. The van der Waals surface area contributed by atoms with E-state index >= 15 is 0 Å². The minimum atomic E-state index is -0.537. The van der Waals surface area contributed by atoms with Gasteiger partial charge in [-0.2, -0.15) is 0 Å². The molecule has 2 aromatic rings. The second-order valence-electron chi connectivity index (χ2n) is 3.33. The Balaban J connectivity index is 2.89. The Morgan fingerprint density at radius 1 is 1.50 bits per heavy atom. The van der Waals surface area contributed by atoms with E-state index in [2.05, 4.69) is 20.9 Å². The van der Waals surface area contributed by atoms with Crippen LogP contribution in [0.1, 0.15) is 5.56 Å². The van der Waals surface area contributed by atoms with Gasteiger partial charge in [-0.25, -0.2) is 4.98 Å². The van der Waals surface area contributed by atoms with E-state index in [1.807, 2.05) is 13.0 Å². The van der Waals surface area contributed by atoms with Crippen LogP contribution < -0.4 is 0 Å². The van der Waals surface area contributed by atoms with Crippen molar-refractivity contribution in [2.45, 2.75) is 6.92 Å². The average molecular weight is 302 g/mol. The highest BCUT2D eigenvalue weighted by molar-refractivity contribution is 9.10. The third kappa shape index (κ3) is 1.76. The van der Waals surface area contributed by atoms with E-state index in [1.165, 1.54) is 6.20 Å². The van der Waals surface area contributed by atoms with Gasteiger partial charge in [0.2, 0.25) is 0 Å². The van der Waals surface area contributed by atoms with Crippen molar-refractivity contribution < 1.29 is 4.92 Å². The molecule has 0 atom stereocenters. The molecule has 0 aliphatic carbocycles. The van der Waals surface area contributed by atoms with Gasteiger partial charge in [-0.1, -0.05) is 27.5 Å². The van der Waals surface area contributed by atoms with Gasteiger partial charge in [0, 0.05) is 9.86 Å². The summed E-state index contributed by atoms with van der Waals surface area (Å²) in [7, 11) is 0. The number of aromatic nitrogens is 1. The minimum Gasteiger partial charge on any atom is -0.258 e. The predicted molar refractivity (Wildman–Crippen MR) is 65.8 cm³/mol. The van der Waals surface area contributed by atoms with Crippen LogP contribution >= 0.6 is 27.5 Å².